The summed E-state index contributed by atoms with van der Waals surface area (Å²) < 4.78 is 13.2. The Bertz CT molecular complexity index is 773. The minimum Gasteiger partial charge on any atom is -0.332 e. The van der Waals surface area contributed by atoms with Gasteiger partial charge in [0.1, 0.15) is 5.82 Å². The highest BCUT2D eigenvalue weighted by Gasteiger charge is 2.23. The number of halogens is 1. The second kappa shape index (κ2) is 9.65. The molecule has 0 N–H and O–H groups in total. The van der Waals surface area contributed by atoms with Crippen molar-refractivity contribution in [1.82, 2.24) is 9.80 Å². The van der Waals surface area contributed by atoms with Gasteiger partial charge in [0.2, 0.25) is 11.8 Å². The Balaban J connectivity index is 2.19. The van der Waals surface area contributed by atoms with Crippen molar-refractivity contribution in [3.05, 3.63) is 57.5 Å². The summed E-state index contributed by atoms with van der Waals surface area (Å²) in [4.78, 5) is 30.6. The SMILES string of the molecule is CCC(C)N(CC(=O)N(Cc1ccc(F)cc1)Cc1ccc(C)s1)C(C)=O. The van der Waals surface area contributed by atoms with Gasteiger partial charge in [-0.3, -0.25) is 9.59 Å². The molecule has 0 aliphatic heterocycles. The molecular weight excluding hydrogens is 363 g/mol. The predicted octanol–water partition coefficient (Wildman–Crippen LogP) is 4.37. The fraction of sp³-hybridized carbons (Fsp3) is 0.429. The highest BCUT2D eigenvalue weighted by Crippen LogP contribution is 2.19. The molecule has 0 fully saturated rings. The molecule has 2 aromatic rings. The number of nitrogens with zero attached hydrogens (tertiary/aromatic N) is 2. The van der Waals surface area contributed by atoms with Crippen LogP contribution in [-0.4, -0.2) is 34.2 Å². The Kier molecular flexibility index (Phi) is 7.54. The third-order valence-corrected chi connectivity index (χ3v) is 5.60. The van der Waals surface area contributed by atoms with Crippen LogP contribution in [-0.2, 0) is 22.7 Å². The molecule has 2 amide bonds. The second-order valence-electron chi connectivity index (χ2n) is 6.79. The number of amides is 2. The standard InChI is InChI=1S/C21H27FN2O2S/c1-5-15(2)24(17(4)25)14-21(26)23(13-20-11-6-16(3)27-20)12-18-7-9-19(22)10-8-18/h6-11,15H,5,12-14H2,1-4H3. The number of benzene rings is 1. The molecule has 1 atom stereocenters. The van der Waals surface area contributed by atoms with E-state index in [2.05, 4.69) is 0 Å². The first-order chi connectivity index (χ1) is 12.8. The molecule has 0 saturated carbocycles. The van der Waals surface area contributed by atoms with Gasteiger partial charge < -0.3 is 9.80 Å². The molecule has 0 spiro atoms. The summed E-state index contributed by atoms with van der Waals surface area (Å²) in [5, 5.41) is 0. The van der Waals surface area contributed by atoms with E-state index in [0.717, 1.165) is 16.9 Å². The van der Waals surface area contributed by atoms with Crippen LogP contribution in [0.25, 0.3) is 0 Å². The summed E-state index contributed by atoms with van der Waals surface area (Å²) in [6.45, 7) is 8.36. The summed E-state index contributed by atoms with van der Waals surface area (Å²) in [6, 6.07) is 10.2. The van der Waals surface area contributed by atoms with Gasteiger partial charge >= 0.3 is 0 Å². The first-order valence-corrected chi connectivity index (χ1v) is 9.96. The number of aryl methyl sites for hydroxylation is 1. The number of hydrogen-bond donors (Lipinski definition) is 0. The lowest BCUT2D eigenvalue weighted by molar-refractivity contribution is -0.141. The van der Waals surface area contributed by atoms with Gasteiger partial charge in [0.25, 0.3) is 0 Å². The number of thiophene rings is 1. The monoisotopic (exact) mass is 390 g/mol. The van der Waals surface area contributed by atoms with E-state index in [1.165, 1.54) is 23.9 Å². The molecular formula is C21H27FN2O2S. The van der Waals surface area contributed by atoms with E-state index in [9.17, 15) is 14.0 Å². The molecule has 1 unspecified atom stereocenters. The van der Waals surface area contributed by atoms with Crippen LogP contribution in [0.3, 0.4) is 0 Å². The van der Waals surface area contributed by atoms with Crippen LogP contribution in [0.2, 0.25) is 0 Å². The van der Waals surface area contributed by atoms with Crippen LogP contribution < -0.4 is 0 Å². The molecule has 1 aromatic carbocycles. The van der Waals surface area contributed by atoms with Gasteiger partial charge in [-0.1, -0.05) is 19.1 Å². The second-order valence-corrected chi connectivity index (χ2v) is 8.17. The highest BCUT2D eigenvalue weighted by atomic mass is 32.1. The minimum absolute atomic E-state index is 0.00287. The Morgan fingerprint density at radius 2 is 1.78 bits per heavy atom. The van der Waals surface area contributed by atoms with Crippen LogP contribution in [0.4, 0.5) is 4.39 Å². The number of hydrogen-bond acceptors (Lipinski definition) is 3. The van der Waals surface area contributed by atoms with E-state index in [1.807, 2.05) is 32.9 Å². The van der Waals surface area contributed by atoms with Gasteiger partial charge in [0.05, 0.1) is 13.1 Å². The third-order valence-electron chi connectivity index (χ3n) is 4.62. The summed E-state index contributed by atoms with van der Waals surface area (Å²) in [7, 11) is 0. The molecule has 0 aliphatic rings. The highest BCUT2D eigenvalue weighted by molar-refractivity contribution is 7.11. The maximum absolute atomic E-state index is 13.2. The predicted molar refractivity (Wildman–Crippen MR) is 107 cm³/mol. The average Bonchev–Trinajstić information content (AvgIpc) is 3.04. The number of rotatable bonds is 8. The largest absolute Gasteiger partial charge is 0.332 e. The quantitative estimate of drug-likeness (QED) is 0.671. The van der Waals surface area contributed by atoms with Crippen LogP contribution in [0, 0.1) is 12.7 Å². The van der Waals surface area contributed by atoms with E-state index in [1.54, 1.807) is 33.3 Å². The van der Waals surface area contributed by atoms with Crippen molar-refractivity contribution >= 4 is 23.2 Å². The normalized spacial score (nSPS) is 11.9. The lowest BCUT2D eigenvalue weighted by atomic mass is 10.2. The van der Waals surface area contributed by atoms with Crippen molar-refractivity contribution in [1.29, 1.82) is 0 Å². The first kappa shape index (κ1) is 21.1. The topological polar surface area (TPSA) is 40.6 Å². The van der Waals surface area contributed by atoms with Gasteiger partial charge in [-0.25, -0.2) is 4.39 Å². The molecule has 4 nitrogen and oxygen atoms in total. The van der Waals surface area contributed by atoms with Crippen molar-refractivity contribution in [3.8, 4) is 0 Å². The van der Waals surface area contributed by atoms with Crippen molar-refractivity contribution in [2.75, 3.05) is 6.54 Å². The summed E-state index contributed by atoms with van der Waals surface area (Å²) in [5.41, 5.74) is 0.857. The van der Waals surface area contributed by atoms with Gasteiger partial charge in [-0.05, 0) is 50.1 Å². The maximum Gasteiger partial charge on any atom is 0.242 e. The summed E-state index contributed by atoms with van der Waals surface area (Å²) >= 11 is 1.65. The molecule has 0 aliphatic carbocycles. The number of carbonyl (C=O) groups is 2. The van der Waals surface area contributed by atoms with Gasteiger partial charge in [0.15, 0.2) is 0 Å². The fourth-order valence-electron chi connectivity index (χ4n) is 2.84. The molecule has 27 heavy (non-hydrogen) atoms. The number of carbonyl (C=O) groups excluding carboxylic acids is 2. The molecule has 1 heterocycles. The fourth-order valence-corrected chi connectivity index (χ4v) is 3.75. The van der Waals surface area contributed by atoms with Crippen molar-refractivity contribution in [3.63, 3.8) is 0 Å². The Labute approximate surface area is 164 Å². The molecule has 0 saturated heterocycles. The maximum atomic E-state index is 13.2. The van der Waals surface area contributed by atoms with Crippen LogP contribution in [0.1, 0.15) is 42.5 Å². The Morgan fingerprint density at radius 3 is 2.30 bits per heavy atom. The lowest BCUT2D eigenvalue weighted by Gasteiger charge is -2.30. The van der Waals surface area contributed by atoms with Crippen LogP contribution in [0.15, 0.2) is 36.4 Å². The molecule has 1 aromatic heterocycles. The van der Waals surface area contributed by atoms with Crippen molar-refractivity contribution in [2.24, 2.45) is 0 Å². The lowest BCUT2D eigenvalue weighted by Crippen LogP contribution is -2.45. The Hall–Kier alpha value is -2.21. The molecule has 0 bridgehead atoms. The van der Waals surface area contributed by atoms with Crippen molar-refractivity contribution in [2.45, 2.75) is 53.2 Å². The first-order valence-electron chi connectivity index (χ1n) is 9.14. The molecule has 0 radical (unpaired) electrons. The van der Waals surface area contributed by atoms with Crippen molar-refractivity contribution < 1.29 is 14.0 Å². The average molecular weight is 391 g/mol. The van der Waals surface area contributed by atoms with E-state index in [-0.39, 0.29) is 30.2 Å². The summed E-state index contributed by atoms with van der Waals surface area (Å²) in [6.07, 6.45) is 0.787. The molecule has 2 rings (SSSR count). The van der Waals surface area contributed by atoms with Gasteiger partial charge in [-0.15, -0.1) is 11.3 Å². The smallest absolute Gasteiger partial charge is 0.242 e. The zero-order valence-corrected chi connectivity index (χ0v) is 17.2. The van der Waals surface area contributed by atoms with E-state index in [0.29, 0.717) is 13.1 Å². The zero-order valence-electron chi connectivity index (χ0n) is 16.4. The van der Waals surface area contributed by atoms with E-state index >= 15 is 0 Å². The van der Waals surface area contributed by atoms with E-state index < -0.39 is 0 Å². The third kappa shape index (κ3) is 6.17. The van der Waals surface area contributed by atoms with Gasteiger partial charge in [0, 0.05) is 29.3 Å². The Morgan fingerprint density at radius 1 is 1.11 bits per heavy atom. The minimum atomic E-state index is -0.301. The molecule has 146 valence electrons. The zero-order chi connectivity index (χ0) is 20.0. The summed E-state index contributed by atoms with van der Waals surface area (Å²) in [5.74, 6) is -0.516. The van der Waals surface area contributed by atoms with E-state index in [4.69, 9.17) is 0 Å². The van der Waals surface area contributed by atoms with Crippen LogP contribution in [0.5, 0.6) is 0 Å². The van der Waals surface area contributed by atoms with Gasteiger partial charge in [-0.2, -0.15) is 0 Å². The molecule has 6 heteroatoms. The van der Waals surface area contributed by atoms with Crippen LogP contribution >= 0.6 is 11.3 Å².